The molecule has 6 nitrogen and oxygen atoms in total. The maximum Gasteiger partial charge on any atom is 0.305 e. The highest BCUT2D eigenvalue weighted by Crippen LogP contribution is 2.18. The van der Waals surface area contributed by atoms with Crippen LogP contribution in [0, 0.1) is 0 Å². The number of hydrogen-bond donors (Lipinski definition) is 3. The lowest BCUT2D eigenvalue weighted by molar-refractivity contribution is -0.143. The molecular weight excluding hydrogens is 911 g/mol. The summed E-state index contributed by atoms with van der Waals surface area (Å²) in [6, 6.07) is -0.632. The zero-order valence-electron chi connectivity index (χ0n) is 49.8. The van der Waals surface area contributed by atoms with Crippen molar-refractivity contribution in [3.63, 3.8) is 0 Å². The molecule has 0 fully saturated rings. The second-order valence-electron chi connectivity index (χ2n) is 22.8. The van der Waals surface area contributed by atoms with Gasteiger partial charge in [0.25, 0.3) is 0 Å². The van der Waals surface area contributed by atoms with Gasteiger partial charge in [-0.3, -0.25) is 9.59 Å². The Labute approximate surface area is 462 Å². The predicted molar refractivity (Wildman–Crippen MR) is 324 cm³/mol. The number of hydrogen-bond acceptors (Lipinski definition) is 5. The molecule has 0 aliphatic rings. The van der Waals surface area contributed by atoms with Crippen molar-refractivity contribution in [2.24, 2.45) is 0 Å². The molecule has 0 aromatic heterocycles. The summed E-state index contributed by atoms with van der Waals surface area (Å²) in [4.78, 5) is 24.5. The SMILES string of the molecule is CCCCC/C=C\CCCCCCCC(=O)OCCCCCCCCCCCCCC/C=C\CCCCCCCCCCC(=O)NC(CO)C(O)/C=C/CCCCCCCCCCCCCCCCCCCCC. The number of aliphatic hydroxyl groups is 2. The molecule has 2 atom stereocenters. The van der Waals surface area contributed by atoms with Crippen LogP contribution in [0.3, 0.4) is 0 Å². The van der Waals surface area contributed by atoms with Crippen LogP contribution in [0.25, 0.3) is 0 Å². The maximum absolute atomic E-state index is 12.5. The second kappa shape index (κ2) is 63.6. The number of unbranched alkanes of at least 4 members (excludes halogenated alkanes) is 47. The number of ether oxygens (including phenoxy) is 1. The van der Waals surface area contributed by atoms with E-state index in [2.05, 4.69) is 43.5 Å². The summed E-state index contributed by atoms with van der Waals surface area (Å²) in [7, 11) is 0. The third-order valence-corrected chi connectivity index (χ3v) is 15.4. The van der Waals surface area contributed by atoms with E-state index in [-0.39, 0.29) is 18.5 Å². The van der Waals surface area contributed by atoms with Gasteiger partial charge in [0.2, 0.25) is 5.91 Å². The molecule has 2 unspecified atom stereocenters. The van der Waals surface area contributed by atoms with Crippen LogP contribution in [-0.4, -0.2) is 47.4 Å². The molecule has 436 valence electrons. The number of carbonyl (C=O) groups excluding carboxylic acids is 2. The molecule has 0 rings (SSSR count). The van der Waals surface area contributed by atoms with Gasteiger partial charge in [-0.1, -0.05) is 301 Å². The van der Waals surface area contributed by atoms with Gasteiger partial charge >= 0.3 is 5.97 Å². The molecule has 3 N–H and O–H groups in total. The highest BCUT2D eigenvalue weighted by Gasteiger charge is 2.18. The first kappa shape index (κ1) is 72.1. The van der Waals surface area contributed by atoms with Crippen LogP contribution in [0.15, 0.2) is 36.5 Å². The van der Waals surface area contributed by atoms with Gasteiger partial charge in [-0.25, -0.2) is 0 Å². The predicted octanol–water partition coefficient (Wildman–Crippen LogP) is 21.1. The van der Waals surface area contributed by atoms with Crippen molar-refractivity contribution in [2.45, 2.75) is 373 Å². The van der Waals surface area contributed by atoms with Gasteiger partial charge in [0.1, 0.15) is 0 Å². The molecule has 0 aliphatic heterocycles. The van der Waals surface area contributed by atoms with Crippen molar-refractivity contribution in [1.29, 1.82) is 0 Å². The zero-order chi connectivity index (χ0) is 53.6. The van der Waals surface area contributed by atoms with Gasteiger partial charge in [0, 0.05) is 12.8 Å². The topological polar surface area (TPSA) is 95.9 Å². The molecule has 0 aliphatic carbocycles. The van der Waals surface area contributed by atoms with Crippen LogP contribution in [0.5, 0.6) is 0 Å². The van der Waals surface area contributed by atoms with Crippen molar-refractivity contribution < 1.29 is 24.5 Å². The largest absolute Gasteiger partial charge is 0.466 e. The summed E-state index contributed by atoms with van der Waals surface area (Å²) in [6.07, 6.45) is 80.6. The molecule has 0 saturated heterocycles. The number of carbonyl (C=O) groups is 2. The lowest BCUT2D eigenvalue weighted by Crippen LogP contribution is -2.45. The van der Waals surface area contributed by atoms with Crippen LogP contribution >= 0.6 is 0 Å². The van der Waals surface area contributed by atoms with Gasteiger partial charge in [0.15, 0.2) is 0 Å². The van der Waals surface area contributed by atoms with E-state index in [0.717, 1.165) is 44.9 Å². The first-order valence-electron chi connectivity index (χ1n) is 33.3. The Morgan fingerprint density at radius 2 is 0.635 bits per heavy atom. The fourth-order valence-electron chi connectivity index (χ4n) is 10.3. The summed E-state index contributed by atoms with van der Waals surface area (Å²) >= 11 is 0. The molecule has 74 heavy (non-hydrogen) atoms. The molecule has 0 aromatic rings. The first-order chi connectivity index (χ1) is 36.5. The van der Waals surface area contributed by atoms with Gasteiger partial charge in [-0.2, -0.15) is 0 Å². The standard InChI is InChI=1S/C68H129NO5/c1-3-5-7-9-11-13-15-17-18-19-20-25-28-31-34-37-40-44-48-52-56-60-66(71)65(64-70)69-67(72)61-57-53-49-45-41-38-35-32-29-26-23-21-22-24-27-30-33-36-39-43-47-51-55-59-63-74-68(73)62-58-54-50-46-42-16-14-12-10-8-6-4-2/h12,14,23,26,56,60,65-66,70-71H,3-11,13,15-22,24-25,27-55,57-59,61-64H2,1-2H3,(H,69,72)/b14-12-,26-23-,60-56+. The number of rotatable bonds is 62. The van der Waals surface area contributed by atoms with Gasteiger partial charge < -0.3 is 20.3 Å². The van der Waals surface area contributed by atoms with Crippen LogP contribution in [0.2, 0.25) is 0 Å². The van der Waals surface area contributed by atoms with Crippen molar-refractivity contribution in [2.75, 3.05) is 13.2 Å². The molecule has 0 saturated carbocycles. The van der Waals surface area contributed by atoms with E-state index >= 15 is 0 Å². The smallest absolute Gasteiger partial charge is 0.305 e. The fourth-order valence-corrected chi connectivity index (χ4v) is 10.3. The monoisotopic (exact) mass is 1040 g/mol. The molecule has 1 amide bonds. The summed E-state index contributed by atoms with van der Waals surface area (Å²) in [6.45, 7) is 4.90. The quantitative estimate of drug-likeness (QED) is 0.0320. The molecule has 0 aromatic carbocycles. The van der Waals surface area contributed by atoms with Crippen molar-refractivity contribution in [3.05, 3.63) is 36.5 Å². The Hall–Kier alpha value is -1.92. The lowest BCUT2D eigenvalue weighted by Gasteiger charge is -2.20. The average molecular weight is 1040 g/mol. The first-order valence-corrected chi connectivity index (χ1v) is 33.3. The zero-order valence-corrected chi connectivity index (χ0v) is 49.8. The Morgan fingerprint density at radius 1 is 0.365 bits per heavy atom. The summed E-state index contributed by atoms with van der Waals surface area (Å²) in [5.41, 5.74) is 0. The normalized spacial score (nSPS) is 12.8. The van der Waals surface area contributed by atoms with E-state index in [9.17, 15) is 19.8 Å². The van der Waals surface area contributed by atoms with E-state index in [1.54, 1.807) is 6.08 Å². The van der Waals surface area contributed by atoms with Crippen LogP contribution < -0.4 is 5.32 Å². The minimum Gasteiger partial charge on any atom is -0.466 e. The van der Waals surface area contributed by atoms with Crippen LogP contribution in [0.1, 0.15) is 361 Å². The number of esters is 1. The van der Waals surface area contributed by atoms with E-state index in [1.807, 2.05) is 6.08 Å². The van der Waals surface area contributed by atoms with Crippen molar-refractivity contribution >= 4 is 11.9 Å². The molecule has 6 heteroatoms. The van der Waals surface area contributed by atoms with Crippen LogP contribution in [-0.2, 0) is 14.3 Å². The summed E-state index contributed by atoms with van der Waals surface area (Å²) in [5, 5.41) is 23.2. The van der Waals surface area contributed by atoms with Gasteiger partial charge in [-0.05, 0) is 83.5 Å². The van der Waals surface area contributed by atoms with Gasteiger partial charge in [0.05, 0.1) is 25.4 Å². The highest BCUT2D eigenvalue weighted by molar-refractivity contribution is 5.76. The Balaban J connectivity index is 3.44. The van der Waals surface area contributed by atoms with Crippen molar-refractivity contribution in [3.8, 4) is 0 Å². The molecular formula is C68H129NO5. The van der Waals surface area contributed by atoms with E-state index < -0.39 is 12.1 Å². The van der Waals surface area contributed by atoms with Crippen LogP contribution in [0.4, 0.5) is 0 Å². The lowest BCUT2D eigenvalue weighted by atomic mass is 10.0. The molecule has 0 radical (unpaired) electrons. The third kappa shape index (κ3) is 59.3. The third-order valence-electron chi connectivity index (χ3n) is 15.4. The molecule has 0 bridgehead atoms. The second-order valence-corrected chi connectivity index (χ2v) is 22.8. The number of allylic oxidation sites excluding steroid dienone is 5. The molecule has 0 heterocycles. The fraction of sp³-hybridized carbons (Fsp3) is 0.882. The Morgan fingerprint density at radius 3 is 0.986 bits per heavy atom. The Kier molecular flexibility index (Phi) is 62.0. The number of nitrogens with one attached hydrogen (secondary N) is 1. The summed E-state index contributed by atoms with van der Waals surface area (Å²) in [5.74, 6) is -0.0674. The van der Waals surface area contributed by atoms with Crippen molar-refractivity contribution in [1.82, 2.24) is 5.32 Å². The van der Waals surface area contributed by atoms with E-state index in [1.165, 1.54) is 289 Å². The Bertz CT molecular complexity index is 1200. The minimum atomic E-state index is -0.849. The van der Waals surface area contributed by atoms with E-state index in [4.69, 9.17) is 4.74 Å². The molecule has 0 spiro atoms. The number of aliphatic hydroxyl groups excluding tert-OH is 2. The average Bonchev–Trinajstić information content (AvgIpc) is 3.40. The summed E-state index contributed by atoms with van der Waals surface area (Å²) < 4.78 is 5.47. The van der Waals surface area contributed by atoms with Gasteiger partial charge in [-0.15, -0.1) is 0 Å². The highest BCUT2D eigenvalue weighted by atomic mass is 16.5. The minimum absolute atomic E-state index is 0.00214. The maximum atomic E-state index is 12.5. The van der Waals surface area contributed by atoms with E-state index in [0.29, 0.717) is 19.4 Å². The number of amides is 1.